The van der Waals surface area contributed by atoms with Gasteiger partial charge in [-0.25, -0.2) is 0 Å². The van der Waals surface area contributed by atoms with E-state index in [2.05, 4.69) is 20.8 Å². The molecule has 0 bridgehead atoms. The highest BCUT2D eigenvalue weighted by Gasteiger charge is 2.66. The number of ketones is 1. The Morgan fingerprint density at radius 3 is 2.44 bits per heavy atom. The molecule has 0 spiro atoms. The van der Waals surface area contributed by atoms with Crippen molar-refractivity contribution < 1.29 is 14.7 Å². The number of hydrogen-bond donors (Lipinski definition) is 1. The fraction of sp³-hybridized carbons (Fsp3) is 0.909. The minimum Gasteiger partial charge on any atom is -0.390 e. The number of carbonyl (C=O) groups is 2. The van der Waals surface area contributed by atoms with Crippen LogP contribution < -0.4 is 0 Å². The Morgan fingerprint density at radius 2 is 1.76 bits per heavy atom. The molecule has 0 radical (unpaired) electrons. The Morgan fingerprint density at radius 1 is 1.08 bits per heavy atom. The zero-order valence-electron chi connectivity index (χ0n) is 16.3. The van der Waals surface area contributed by atoms with Gasteiger partial charge < -0.3 is 9.90 Å². The van der Waals surface area contributed by atoms with Gasteiger partial charge in [-0.3, -0.25) is 4.79 Å². The summed E-state index contributed by atoms with van der Waals surface area (Å²) in [7, 11) is 0. The quantitative estimate of drug-likeness (QED) is 0.730. The van der Waals surface area contributed by atoms with Crippen LogP contribution in [-0.2, 0) is 9.59 Å². The number of aliphatic hydroxyl groups is 1. The summed E-state index contributed by atoms with van der Waals surface area (Å²) in [6.45, 7) is 8.65. The third-order valence-corrected chi connectivity index (χ3v) is 9.64. The van der Waals surface area contributed by atoms with Crippen molar-refractivity contribution in [3.8, 4) is 0 Å². The second-order valence-electron chi connectivity index (χ2n) is 10.4. The molecule has 140 valence electrons. The molecule has 4 rings (SSSR count). The van der Waals surface area contributed by atoms with Gasteiger partial charge in [0, 0.05) is 17.8 Å². The van der Waals surface area contributed by atoms with Gasteiger partial charge in [0.25, 0.3) is 0 Å². The van der Waals surface area contributed by atoms with E-state index in [1.165, 1.54) is 6.29 Å². The first kappa shape index (κ1) is 17.7. The maximum Gasteiger partial charge on any atom is 0.136 e. The molecule has 0 amide bonds. The van der Waals surface area contributed by atoms with Crippen LogP contribution in [0.2, 0.25) is 0 Å². The van der Waals surface area contributed by atoms with Crippen molar-refractivity contribution in [1.82, 2.24) is 0 Å². The first-order valence-electron chi connectivity index (χ1n) is 10.4. The Hall–Kier alpha value is -0.700. The Bertz CT molecular complexity index is 596. The highest BCUT2D eigenvalue weighted by atomic mass is 16.3. The fourth-order valence-electron chi connectivity index (χ4n) is 8.18. The average Bonchev–Trinajstić information content (AvgIpc) is 2.81. The molecule has 9 atom stereocenters. The van der Waals surface area contributed by atoms with Gasteiger partial charge in [0.15, 0.2) is 0 Å². The van der Waals surface area contributed by atoms with E-state index in [0.29, 0.717) is 35.9 Å². The first-order chi connectivity index (χ1) is 11.7. The van der Waals surface area contributed by atoms with Gasteiger partial charge >= 0.3 is 0 Å². The number of carbonyl (C=O) groups excluding carboxylic acids is 2. The van der Waals surface area contributed by atoms with Gasteiger partial charge in [0.05, 0.1) is 5.60 Å². The standard InChI is InChI=1S/C22H34O3/c1-13-11-15-16-6-9-21(4,25)20(16,3)8-5-17(15)22(12-23)10-7-18(24)14(2)19(13)22/h12-17,19,25H,5-11H2,1-4H3/t13-,14?,15-,16-,17-,19-,20-,21-,22-/m0/s1. The fourth-order valence-corrected chi connectivity index (χ4v) is 8.18. The van der Waals surface area contributed by atoms with Crippen molar-refractivity contribution in [1.29, 1.82) is 0 Å². The van der Waals surface area contributed by atoms with Crippen molar-refractivity contribution in [2.75, 3.05) is 0 Å². The van der Waals surface area contributed by atoms with Gasteiger partial charge in [-0.1, -0.05) is 20.8 Å². The summed E-state index contributed by atoms with van der Waals surface area (Å²) in [5.74, 6) is 2.48. The lowest BCUT2D eigenvalue weighted by atomic mass is 9.41. The van der Waals surface area contributed by atoms with Gasteiger partial charge in [0.2, 0.25) is 0 Å². The van der Waals surface area contributed by atoms with E-state index in [1.807, 2.05) is 6.92 Å². The van der Waals surface area contributed by atoms with Gasteiger partial charge in [0.1, 0.15) is 12.1 Å². The molecule has 1 unspecified atom stereocenters. The van der Waals surface area contributed by atoms with Crippen LogP contribution in [0.4, 0.5) is 0 Å². The number of fused-ring (bicyclic) bond motifs is 5. The molecule has 25 heavy (non-hydrogen) atoms. The second-order valence-corrected chi connectivity index (χ2v) is 10.4. The maximum absolute atomic E-state index is 12.5. The molecule has 0 aromatic rings. The average molecular weight is 347 g/mol. The summed E-state index contributed by atoms with van der Waals surface area (Å²) >= 11 is 0. The van der Waals surface area contributed by atoms with E-state index in [-0.39, 0.29) is 22.7 Å². The van der Waals surface area contributed by atoms with Crippen LogP contribution in [0.15, 0.2) is 0 Å². The predicted octanol–water partition coefficient (Wildman–Crippen LogP) is 4.02. The van der Waals surface area contributed by atoms with Gasteiger partial charge in [-0.15, -0.1) is 0 Å². The largest absolute Gasteiger partial charge is 0.390 e. The maximum atomic E-state index is 12.5. The molecule has 0 heterocycles. The van der Waals surface area contributed by atoms with E-state index < -0.39 is 5.60 Å². The molecule has 0 aromatic carbocycles. The van der Waals surface area contributed by atoms with Crippen molar-refractivity contribution in [3.05, 3.63) is 0 Å². The third kappa shape index (κ3) is 2.08. The lowest BCUT2D eigenvalue weighted by Gasteiger charge is -2.62. The molecule has 1 N–H and O–H groups in total. The molecule has 0 saturated heterocycles. The first-order valence-corrected chi connectivity index (χ1v) is 10.4. The van der Waals surface area contributed by atoms with Crippen molar-refractivity contribution in [3.63, 3.8) is 0 Å². The molecular weight excluding hydrogens is 312 g/mol. The smallest absolute Gasteiger partial charge is 0.136 e. The molecule has 4 aliphatic rings. The summed E-state index contributed by atoms with van der Waals surface area (Å²) < 4.78 is 0. The van der Waals surface area contributed by atoms with Crippen molar-refractivity contribution in [2.45, 2.75) is 78.2 Å². The van der Waals surface area contributed by atoms with E-state index in [0.717, 1.165) is 38.5 Å². The minimum absolute atomic E-state index is 0.0130. The monoisotopic (exact) mass is 346 g/mol. The normalized spacial score (nSPS) is 58.2. The molecule has 3 nitrogen and oxygen atoms in total. The second kappa shape index (κ2) is 5.41. The molecule has 4 fully saturated rings. The summed E-state index contributed by atoms with van der Waals surface area (Å²) in [5, 5.41) is 11.0. The molecule has 4 aliphatic carbocycles. The van der Waals surface area contributed by atoms with E-state index in [1.54, 1.807) is 0 Å². The van der Waals surface area contributed by atoms with E-state index in [9.17, 15) is 14.7 Å². The molecular formula is C22H34O3. The van der Waals surface area contributed by atoms with Gasteiger partial charge in [-0.2, -0.15) is 0 Å². The summed E-state index contributed by atoms with van der Waals surface area (Å²) in [6, 6.07) is 0. The topological polar surface area (TPSA) is 54.4 Å². The van der Waals surface area contributed by atoms with Crippen LogP contribution in [0.3, 0.4) is 0 Å². The zero-order valence-corrected chi connectivity index (χ0v) is 16.3. The lowest BCUT2D eigenvalue weighted by molar-refractivity contribution is -0.177. The molecule has 0 aromatic heterocycles. The number of hydrogen-bond acceptors (Lipinski definition) is 3. The van der Waals surface area contributed by atoms with Crippen LogP contribution in [0.5, 0.6) is 0 Å². The lowest BCUT2D eigenvalue weighted by Crippen LogP contribution is -2.61. The predicted molar refractivity (Wildman–Crippen MR) is 96.8 cm³/mol. The minimum atomic E-state index is -0.576. The highest BCUT2D eigenvalue weighted by Crippen LogP contribution is 2.68. The van der Waals surface area contributed by atoms with Crippen LogP contribution in [0, 0.1) is 46.3 Å². The zero-order chi connectivity index (χ0) is 18.2. The molecule has 4 saturated carbocycles. The molecule has 0 aliphatic heterocycles. The summed E-state index contributed by atoms with van der Waals surface area (Å²) in [6.07, 6.45) is 7.76. The third-order valence-electron chi connectivity index (χ3n) is 9.64. The van der Waals surface area contributed by atoms with Crippen LogP contribution >= 0.6 is 0 Å². The molecule has 3 heteroatoms. The van der Waals surface area contributed by atoms with Crippen LogP contribution in [0.1, 0.15) is 72.6 Å². The van der Waals surface area contributed by atoms with Crippen molar-refractivity contribution in [2.24, 2.45) is 46.3 Å². The Labute approximate surface area is 151 Å². The number of Topliss-reactive ketones (excluding diaryl/α,β-unsaturated/α-hetero) is 1. The number of aldehydes is 1. The van der Waals surface area contributed by atoms with E-state index in [4.69, 9.17) is 0 Å². The van der Waals surface area contributed by atoms with E-state index >= 15 is 0 Å². The number of rotatable bonds is 1. The van der Waals surface area contributed by atoms with Crippen LogP contribution in [0.25, 0.3) is 0 Å². The Balaban J connectivity index is 1.75. The Kier molecular flexibility index (Phi) is 3.83. The summed E-state index contributed by atoms with van der Waals surface area (Å²) in [5.41, 5.74) is -0.890. The summed E-state index contributed by atoms with van der Waals surface area (Å²) in [4.78, 5) is 24.9. The van der Waals surface area contributed by atoms with Crippen molar-refractivity contribution >= 4 is 12.1 Å². The SMILES string of the molecule is CC1C(=O)CC[C@@]2(C=O)[C@H]1[C@@H](C)C[C@@H]1[C@@H]2CC[C@@]2(C)[C@H]1CC[C@]2(C)O. The van der Waals surface area contributed by atoms with Gasteiger partial charge in [-0.05, 0) is 80.5 Å². The van der Waals surface area contributed by atoms with Crippen LogP contribution in [-0.4, -0.2) is 22.8 Å². The highest BCUT2D eigenvalue weighted by molar-refractivity contribution is 5.84.